The van der Waals surface area contributed by atoms with Crippen LogP contribution >= 0.6 is 0 Å². The van der Waals surface area contributed by atoms with E-state index >= 15 is 0 Å². The SMILES string of the molecule is COC1=C(C)c2c(ccc3c2COc2ccccc2-3)NC1(C)C. The molecule has 3 heteroatoms. The van der Waals surface area contributed by atoms with Crippen molar-refractivity contribution < 1.29 is 9.47 Å². The second kappa shape index (κ2) is 4.79. The van der Waals surface area contributed by atoms with Gasteiger partial charge in [-0.05, 0) is 44.0 Å². The summed E-state index contributed by atoms with van der Waals surface area (Å²) in [5.41, 5.74) is 6.98. The highest BCUT2D eigenvalue weighted by atomic mass is 16.5. The molecule has 2 aliphatic heterocycles. The molecule has 0 amide bonds. The fourth-order valence-electron chi connectivity index (χ4n) is 3.93. The Bertz CT molecular complexity index is 834. The quantitative estimate of drug-likeness (QED) is 0.818. The minimum atomic E-state index is -0.215. The van der Waals surface area contributed by atoms with Crippen molar-refractivity contribution in [1.82, 2.24) is 0 Å². The van der Waals surface area contributed by atoms with E-state index in [9.17, 15) is 0 Å². The van der Waals surface area contributed by atoms with E-state index in [2.05, 4.69) is 50.4 Å². The molecule has 23 heavy (non-hydrogen) atoms. The standard InChI is InChI=1S/C20H21NO2/c1-12-18-15-11-23-17-8-6-5-7-14(17)13(15)9-10-16(18)21-20(2,3)19(12)22-4/h5-10,21H,11H2,1-4H3. The third-order valence-corrected chi connectivity index (χ3v) is 4.80. The molecule has 0 spiro atoms. The Morgan fingerprint density at radius 2 is 1.87 bits per heavy atom. The van der Waals surface area contributed by atoms with Gasteiger partial charge in [-0.3, -0.25) is 0 Å². The van der Waals surface area contributed by atoms with Crippen LogP contribution in [-0.4, -0.2) is 12.6 Å². The van der Waals surface area contributed by atoms with Crippen LogP contribution in [0.5, 0.6) is 5.75 Å². The molecule has 118 valence electrons. The van der Waals surface area contributed by atoms with Gasteiger partial charge in [0, 0.05) is 22.4 Å². The fraction of sp³-hybridized carbons (Fsp3) is 0.300. The minimum absolute atomic E-state index is 0.215. The van der Waals surface area contributed by atoms with Crippen LogP contribution in [0.15, 0.2) is 42.2 Å². The van der Waals surface area contributed by atoms with Gasteiger partial charge in [-0.1, -0.05) is 24.3 Å². The molecule has 0 bridgehead atoms. The number of rotatable bonds is 1. The molecule has 4 rings (SSSR count). The number of benzene rings is 2. The Labute approximate surface area is 136 Å². The van der Waals surface area contributed by atoms with Crippen molar-refractivity contribution >= 4 is 11.3 Å². The molecule has 0 saturated carbocycles. The summed E-state index contributed by atoms with van der Waals surface area (Å²) >= 11 is 0. The van der Waals surface area contributed by atoms with Gasteiger partial charge in [0.25, 0.3) is 0 Å². The summed E-state index contributed by atoms with van der Waals surface area (Å²) < 4.78 is 11.7. The van der Waals surface area contributed by atoms with Crippen LogP contribution in [-0.2, 0) is 11.3 Å². The molecule has 0 aliphatic carbocycles. The van der Waals surface area contributed by atoms with Gasteiger partial charge in [-0.2, -0.15) is 0 Å². The molecule has 0 unspecified atom stereocenters. The van der Waals surface area contributed by atoms with Crippen molar-refractivity contribution in [3.63, 3.8) is 0 Å². The highest BCUT2D eigenvalue weighted by molar-refractivity contribution is 5.89. The number of hydrogen-bond acceptors (Lipinski definition) is 3. The molecule has 3 nitrogen and oxygen atoms in total. The van der Waals surface area contributed by atoms with Gasteiger partial charge in [0.15, 0.2) is 0 Å². The average Bonchev–Trinajstić information content (AvgIpc) is 2.53. The van der Waals surface area contributed by atoms with Gasteiger partial charge < -0.3 is 14.8 Å². The van der Waals surface area contributed by atoms with Crippen molar-refractivity contribution in [3.05, 3.63) is 53.3 Å². The highest BCUT2D eigenvalue weighted by Crippen LogP contribution is 2.46. The summed E-state index contributed by atoms with van der Waals surface area (Å²) in [5, 5.41) is 3.60. The van der Waals surface area contributed by atoms with Gasteiger partial charge in [0.2, 0.25) is 0 Å². The van der Waals surface area contributed by atoms with Gasteiger partial charge in [0.1, 0.15) is 18.1 Å². The highest BCUT2D eigenvalue weighted by Gasteiger charge is 2.35. The molecule has 0 aromatic heterocycles. The Morgan fingerprint density at radius 1 is 1.09 bits per heavy atom. The minimum Gasteiger partial charge on any atom is -0.498 e. The predicted molar refractivity (Wildman–Crippen MR) is 93.5 cm³/mol. The van der Waals surface area contributed by atoms with Gasteiger partial charge >= 0.3 is 0 Å². The number of hydrogen-bond donors (Lipinski definition) is 1. The summed E-state index contributed by atoms with van der Waals surface area (Å²) in [4.78, 5) is 0. The lowest BCUT2D eigenvalue weighted by molar-refractivity contribution is 0.245. The summed E-state index contributed by atoms with van der Waals surface area (Å²) in [6, 6.07) is 12.6. The van der Waals surface area contributed by atoms with Crippen LogP contribution in [0, 0.1) is 0 Å². The van der Waals surface area contributed by atoms with E-state index < -0.39 is 0 Å². The number of methoxy groups -OCH3 is 1. The number of allylic oxidation sites excluding steroid dienone is 1. The lowest BCUT2D eigenvalue weighted by Crippen LogP contribution is -2.38. The zero-order valence-electron chi connectivity index (χ0n) is 14.0. The molecule has 0 radical (unpaired) electrons. The first kappa shape index (κ1) is 14.2. The third kappa shape index (κ3) is 1.96. The molecule has 2 heterocycles. The number of nitrogens with one attached hydrogen (secondary N) is 1. The lowest BCUT2D eigenvalue weighted by atomic mass is 9.83. The Morgan fingerprint density at radius 3 is 2.65 bits per heavy atom. The molecular weight excluding hydrogens is 286 g/mol. The summed E-state index contributed by atoms with van der Waals surface area (Å²) in [7, 11) is 1.74. The van der Waals surface area contributed by atoms with Crippen LogP contribution in [0.25, 0.3) is 16.7 Å². The van der Waals surface area contributed by atoms with E-state index in [1.165, 1.54) is 22.3 Å². The van der Waals surface area contributed by atoms with Crippen LogP contribution in [0.2, 0.25) is 0 Å². The van der Waals surface area contributed by atoms with E-state index in [1.54, 1.807) is 7.11 Å². The maximum atomic E-state index is 5.99. The lowest BCUT2D eigenvalue weighted by Gasteiger charge is -2.38. The number of para-hydroxylation sites is 1. The molecule has 0 fully saturated rings. The first-order valence-electron chi connectivity index (χ1n) is 7.95. The Balaban J connectivity index is 1.99. The maximum Gasteiger partial charge on any atom is 0.127 e. The van der Waals surface area contributed by atoms with Gasteiger partial charge in [0.05, 0.1) is 12.6 Å². The smallest absolute Gasteiger partial charge is 0.127 e. The second-order valence-electron chi connectivity index (χ2n) is 6.71. The monoisotopic (exact) mass is 307 g/mol. The van der Waals surface area contributed by atoms with Crippen molar-refractivity contribution in [2.75, 3.05) is 12.4 Å². The third-order valence-electron chi connectivity index (χ3n) is 4.80. The van der Waals surface area contributed by atoms with Gasteiger partial charge in [-0.25, -0.2) is 0 Å². The topological polar surface area (TPSA) is 30.5 Å². The van der Waals surface area contributed by atoms with E-state index in [-0.39, 0.29) is 5.54 Å². The van der Waals surface area contributed by atoms with Crippen molar-refractivity contribution in [2.45, 2.75) is 32.9 Å². The normalized spacial score (nSPS) is 17.4. The maximum absolute atomic E-state index is 5.99. The number of anilines is 1. The van der Waals surface area contributed by atoms with E-state index in [0.29, 0.717) is 6.61 Å². The van der Waals surface area contributed by atoms with Crippen LogP contribution < -0.4 is 10.1 Å². The molecule has 2 aromatic rings. The zero-order chi connectivity index (χ0) is 16.2. The Hall–Kier alpha value is -2.42. The molecule has 0 saturated heterocycles. The number of ether oxygens (including phenoxy) is 2. The molecule has 2 aliphatic rings. The summed E-state index contributed by atoms with van der Waals surface area (Å²) in [5.74, 6) is 1.94. The predicted octanol–water partition coefficient (Wildman–Crippen LogP) is 4.83. The summed E-state index contributed by atoms with van der Waals surface area (Å²) in [6.07, 6.45) is 0. The van der Waals surface area contributed by atoms with Crippen molar-refractivity contribution in [3.8, 4) is 16.9 Å². The van der Waals surface area contributed by atoms with Crippen LogP contribution in [0.4, 0.5) is 5.69 Å². The fourth-order valence-corrected chi connectivity index (χ4v) is 3.93. The van der Waals surface area contributed by atoms with Crippen molar-refractivity contribution in [1.29, 1.82) is 0 Å². The average molecular weight is 307 g/mol. The van der Waals surface area contributed by atoms with E-state index in [1.807, 2.05) is 12.1 Å². The van der Waals surface area contributed by atoms with E-state index in [4.69, 9.17) is 9.47 Å². The molecule has 0 atom stereocenters. The Kier molecular flexibility index (Phi) is 2.95. The van der Waals surface area contributed by atoms with Gasteiger partial charge in [-0.15, -0.1) is 0 Å². The first-order chi connectivity index (χ1) is 11.0. The van der Waals surface area contributed by atoms with Crippen LogP contribution in [0.3, 0.4) is 0 Å². The molecule has 1 N–H and O–H groups in total. The van der Waals surface area contributed by atoms with Crippen molar-refractivity contribution in [2.24, 2.45) is 0 Å². The number of fused-ring (bicyclic) bond motifs is 5. The van der Waals surface area contributed by atoms with E-state index in [0.717, 1.165) is 22.8 Å². The zero-order valence-corrected chi connectivity index (χ0v) is 14.0. The first-order valence-corrected chi connectivity index (χ1v) is 7.95. The second-order valence-corrected chi connectivity index (χ2v) is 6.71. The largest absolute Gasteiger partial charge is 0.498 e. The molecule has 2 aromatic carbocycles. The molecular formula is C20H21NO2. The summed E-state index contributed by atoms with van der Waals surface area (Å²) in [6.45, 7) is 7.01. The van der Waals surface area contributed by atoms with Crippen LogP contribution in [0.1, 0.15) is 31.9 Å².